The van der Waals surface area contributed by atoms with Crippen LogP contribution in [-0.2, 0) is 42.9 Å². The Morgan fingerprint density at radius 1 is 0.410 bits per heavy atom. The Labute approximate surface area is 502 Å². The second kappa shape index (κ2) is 57.3. The average Bonchev–Trinajstić information content (AvgIpc) is 3.55. The molecule has 1 rings (SSSR count). The number of allylic oxidation sites excluding steroid dienone is 22. The van der Waals surface area contributed by atoms with Gasteiger partial charge >= 0.3 is 23.9 Å². The lowest BCUT2D eigenvalue weighted by Crippen LogP contribution is -2.61. The van der Waals surface area contributed by atoms with Gasteiger partial charge in [0.2, 0.25) is 0 Å². The second-order valence-corrected chi connectivity index (χ2v) is 21.3. The summed E-state index contributed by atoms with van der Waals surface area (Å²) in [7, 11) is 0. The summed E-state index contributed by atoms with van der Waals surface area (Å²) in [6.45, 7) is 5.70. The van der Waals surface area contributed by atoms with E-state index in [1.54, 1.807) is 0 Å². The van der Waals surface area contributed by atoms with Crippen molar-refractivity contribution in [3.8, 4) is 0 Å². The third-order valence-corrected chi connectivity index (χ3v) is 13.7. The fourth-order valence-corrected chi connectivity index (χ4v) is 8.84. The van der Waals surface area contributed by atoms with E-state index in [-0.39, 0.29) is 25.9 Å². The molecule has 0 radical (unpaired) electrons. The van der Waals surface area contributed by atoms with Gasteiger partial charge in [0, 0.05) is 19.3 Å². The van der Waals surface area contributed by atoms with Crippen molar-refractivity contribution in [1.82, 2.24) is 0 Å². The fraction of sp³-hybridized carbons (Fsp3) is 0.634. The second-order valence-electron chi connectivity index (χ2n) is 21.3. The summed E-state index contributed by atoms with van der Waals surface area (Å²) in [5.41, 5.74) is 0. The molecule has 0 aromatic carbocycles. The van der Waals surface area contributed by atoms with E-state index in [1.165, 1.54) is 19.3 Å². The van der Waals surface area contributed by atoms with Crippen LogP contribution in [0.3, 0.4) is 0 Å². The van der Waals surface area contributed by atoms with Crippen molar-refractivity contribution in [3.63, 3.8) is 0 Å². The highest BCUT2D eigenvalue weighted by Crippen LogP contribution is 2.26. The molecule has 1 aliphatic rings. The molecular weight excluding hydrogens is 1040 g/mol. The van der Waals surface area contributed by atoms with Gasteiger partial charge in [0.1, 0.15) is 18.8 Å². The van der Waals surface area contributed by atoms with E-state index in [2.05, 4.69) is 142 Å². The first-order valence-electron chi connectivity index (χ1n) is 32.2. The molecule has 12 nitrogen and oxygen atoms in total. The average molecular weight is 1160 g/mol. The largest absolute Gasteiger partial charge is 0.479 e. The third kappa shape index (κ3) is 46.9. The van der Waals surface area contributed by atoms with Crippen molar-refractivity contribution >= 4 is 23.9 Å². The molecule has 3 N–H and O–H groups in total. The predicted octanol–water partition coefficient (Wildman–Crippen LogP) is 17.3. The SMILES string of the molecule is CC/C=C\C/C=C\C/C=C\C/C=C\C/C=C\CCCC(=O)OC1C(OCC(COC(=O)CCCCCCCC/C=C\C/C=C\C/C=C\C/C=C\CC)OC(=O)CCCCCCCCC/C=C\C/C=C\CCCCC)OC(C(=O)O)C(O)C1O. The molecule has 1 saturated heterocycles. The number of hydrogen-bond donors (Lipinski definition) is 3. The number of hydrogen-bond acceptors (Lipinski definition) is 11. The topological polar surface area (TPSA) is 175 Å². The normalized spacial score (nSPS) is 18.5. The smallest absolute Gasteiger partial charge is 0.335 e. The summed E-state index contributed by atoms with van der Waals surface area (Å²) < 4.78 is 28.4. The zero-order chi connectivity index (χ0) is 60.3. The standard InChI is InChI=1S/C71H112O12/c1-4-7-10-13-16-19-22-25-28-31-32-35-36-39-42-45-48-51-54-57-63(72)79-60-62(81-64(73)58-55-52-49-46-43-40-37-33-29-26-23-20-17-14-11-8-5-2)61-80-71-69(67(76)66(75)68(83-71)70(77)78)82-65(74)59-56-53-50-47-44-41-38-34-30-27-24-21-18-15-12-9-6-3/h7,9-10,12,16-21,25-30,32,35,38,41,47,50,62,66-69,71,75-76H,4-6,8,11,13-15,22-24,31,33-34,36-37,39-40,42-46,48-49,51-61H2,1-3H3,(H,77,78)/b10-7-,12-9-,19-16-,20-17-,21-18-,28-25-,29-26-,30-27-,35-32-,41-38-,50-47-. The molecule has 1 aliphatic heterocycles. The van der Waals surface area contributed by atoms with E-state index >= 15 is 0 Å². The highest BCUT2D eigenvalue weighted by molar-refractivity contribution is 5.74. The van der Waals surface area contributed by atoms with Gasteiger partial charge in [0.25, 0.3) is 0 Å². The van der Waals surface area contributed by atoms with Crippen LogP contribution in [0, 0.1) is 0 Å². The van der Waals surface area contributed by atoms with Gasteiger partial charge in [-0.3, -0.25) is 14.4 Å². The van der Waals surface area contributed by atoms with Gasteiger partial charge in [-0.2, -0.15) is 0 Å². The minimum absolute atomic E-state index is 0.0270. The molecule has 0 bridgehead atoms. The van der Waals surface area contributed by atoms with Crippen LogP contribution in [-0.4, -0.2) is 89.2 Å². The Morgan fingerprint density at radius 2 is 0.771 bits per heavy atom. The zero-order valence-corrected chi connectivity index (χ0v) is 51.6. The minimum Gasteiger partial charge on any atom is -0.479 e. The Morgan fingerprint density at radius 3 is 1.19 bits per heavy atom. The van der Waals surface area contributed by atoms with E-state index in [0.29, 0.717) is 25.7 Å². The fourth-order valence-electron chi connectivity index (χ4n) is 8.84. The number of carbonyl (C=O) groups is 4. The zero-order valence-electron chi connectivity index (χ0n) is 51.6. The van der Waals surface area contributed by atoms with Crippen molar-refractivity contribution in [2.24, 2.45) is 0 Å². The Kier molecular flexibility index (Phi) is 52.4. The van der Waals surface area contributed by atoms with Gasteiger partial charge < -0.3 is 39.0 Å². The lowest BCUT2D eigenvalue weighted by molar-refractivity contribution is -0.301. The number of rotatable bonds is 53. The number of aliphatic hydroxyl groups is 2. The van der Waals surface area contributed by atoms with Crippen molar-refractivity contribution in [3.05, 3.63) is 134 Å². The minimum atomic E-state index is -1.93. The van der Waals surface area contributed by atoms with Gasteiger partial charge in [0.05, 0.1) is 6.61 Å². The van der Waals surface area contributed by atoms with E-state index in [9.17, 15) is 34.5 Å². The quantitative estimate of drug-likeness (QED) is 0.0228. The maximum atomic E-state index is 13.2. The van der Waals surface area contributed by atoms with Crippen LogP contribution >= 0.6 is 0 Å². The molecule has 1 fully saturated rings. The first kappa shape index (κ1) is 75.9. The van der Waals surface area contributed by atoms with Crippen LogP contribution < -0.4 is 0 Å². The molecule has 0 saturated carbocycles. The maximum absolute atomic E-state index is 13.2. The summed E-state index contributed by atoms with van der Waals surface area (Å²) in [6, 6.07) is 0. The summed E-state index contributed by atoms with van der Waals surface area (Å²) in [5.74, 6) is -3.24. The van der Waals surface area contributed by atoms with E-state index in [0.717, 1.165) is 154 Å². The Hall–Kier alpha value is -5.14. The number of carbonyl (C=O) groups excluding carboxylic acids is 3. The van der Waals surface area contributed by atoms with Crippen molar-refractivity contribution in [2.75, 3.05) is 13.2 Å². The van der Waals surface area contributed by atoms with Crippen molar-refractivity contribution in [2.45, 2.75) is 276 Å². The van der Waals surface area contributed by atoms with Gasteiger partial charge in [-0.1, -0.05) is 225 Å². The molecule has 12 heteroatoms. The number of esters is 3. The summed E-state index contributed by atoms with van der Waals surface area (Å²) >= 11 is 0. The number of ether oxygens (including phenoxy) is 5. The molecule has 6 unspecified atom stereocenters. The molecule has 0 aliphatic carbocycles. The molecule has 6 atom stereocenters. The van der Waals surface area contributed by atoms with Crippen molar-refractivity contribution < 1.29 is 58.2 Å². The Bertz CT molecular complexity index is 1950. The van der Waals surface area contributed by atoms with Crippen LogP contribution in [0.15, 0.2) is 134 Å². The summed E-state index contributed by atoms with van der Waals surface area (Å²) in [6.07, 6.45) is 68.4. The lowest BCUT2D eigenvalue weighted by Gasteiger charge is -2.40. The summed E-state index contributed by atoms with van der Waals surface area (Å²) in [4.78, 5) is 51.3. The predicted molar refractivity (Wildman–Crippen MR) is 340 cm³/mol. The molecule has 0 spiro atoms. The molecule has 0 amide bonds. The molecule has 1 heterocycles. The number of carboxylic acid groups (broad SMARTS) is 1. The van der Waals surface area contributed by atoms with Gasteiger partial charge in [0.15, 0.2) is 24.6 Å². The molecule has 0 aromatic rings. The highest BCUT2D eigenvalue weighted by atomic mass is 16.7. The van der Waals surface area contributed by atoms with Gasteiger partial charge in [-0.05, 0) is 128 Å². The first-order chi connectivity index (χ1) is 40.6. The molecule has 0 aromatic heterocycles. The number of unbranched alkanes of at least 4 members (excludes halogenated alkanes) is 17. The molecule has 83 heavy (non-hydrogen) atoms. The number of aliphatic hydroxyl groups excluding tert-OH is 2. The van der Waals surface area contributed by atoms with E-state index in [4.69, 9.17) is 23.7 Å². The highest BCUT2D eigenvalue weighted by Gasteiger charge is 2.50. The third-order valence-electron chi connectivity index (χ3n) is 13.7. The van der Waals surface area contributed by atoms with Crippen LogP contribution in [0.25, 0.3) is 0 Å². The van der Waals surface area contributed by atoms with Crippen LogP contribution in [0.2, 0.25) is 0 Å². The summed E-state index contributed by atoms with van der Waals surface area (Å²) in [5, 5.41) is 31.6. The van der Waals surface area contributed by atoms with Crippen molar-refractivity contribution in [1.29, 1.82) is 0 Å². The van der Waals surface area contributed by atoms with E-state index < -0.39 is 67.3 Å². The first-order valence-corrected chi connectivity index (χ1v) is 32.2. The van der Waals surface area contributed by atoms with E-state index in [1.807, 2.05) is 12.2 Å². The van der Waals surface area contributed by atoms with Crippen LogP contribution in [0.1, 0.15) is 239 Å². The van der Waals surface area contributed by atoms with Gasteiger partial charge in [-0.15, -0.1) is 0 Å². The monoisotopic (exact) mass is 1160 g/mol. The number of carboxylic acids is 1. The molecular formula is C71H112O12. The van der Waals surface area contributed by atoms with Crippen LogP contribution in [0.5, 0.6) is 0 Å². The Balaban J connectivity index is 2.72. The lowest BCUT2D eigenvalue weighted by atomic mass is 9.98. The number of aliphatic carboxylic acids is 1. The van der Waals surface area contributed by atoms with Gasteiger partial charge in [-0.25, -0.2) is 4.79 Å². The van der Waals surface area contributed by atoms with Crippen LogP contribution in [0.4, 0.5) is 0 Å². The molecule has 468 valence electrons. The maximum Gasteiger partial charge on any atom is 0.335 e.